The van der Waals surface area contributed by atoms with Gasteiger partial charge in [-0.2, -0.15) is 8.42 Å². The summed E-state index contributed by atoms with van der Waals surface area (Å²) in [6.45, 7) is 6.66. The van der Waals surface area contributed by atoms with Crippen LogP contribution in [0.2, 0.25) is 0 Å². The molecule has 2 aliphatic heterocycles. The van der Waals surface area contributed by atoms with Crippen LogP contribution < -0.4 is 5.32 Å². The fraction of sp³-hybridized carbons (Fsp3) is 0.435. The highest BCUT2D eigenvalue weighted by Crippen LogP contribution is 2.27. The van der Waals surface area contributed by atoms with Crippen LogP contribution in [0.25, 0.3) is 0 Å². The lowest BCUT2D eigenvalue weighted by atomic mass is 10.0. The van der Waals surface area contributed by atoms with E-state index >= 15 is 0 Å². The Kier molecular flexibility index (Phi) is 6.51. The van der Waals surface area contributed by atoms with Crippen LogP contribution in [0.1, 0.15) is 31.7 Å². The zero-order valence-corrected chi connectivity index (χ0v) is 18.3. The van der Waals surface area contributed by atoms with Crippen LogP contribution in [0.3, 0.4) is 0 Å². The van der Waals surface area contributed by atoms with Crippen molar-refractivity contribution in [2.45, 2.75) is 43.7 Å². The topological polar surface area (TPSA) is 65.0 Å². The van der Waals surface area contributed by atoms with Crippen LogP contribution in [0.15, 0.2) is 63.9 Å². The minimum Gasteiger partial charge on any atom is -0.341 e. The Morgan fingerprint density at radius 1 is 1.13 bits per heavy atom. The summed E-state index contributed by atoms with van der Waals surface area (Å²) >= 11 is 0. The molecule has 1 fully saturated rings. The summed E-state index contributed by atoms with van der Waals surface area (Å²) in [5, 5.41) is 3.25. The average Bonchev–Trinajstić information content (AvgIpc) is 2.74. The maximum absolute atomic E-state index is 12.6. The molecule has 0 spiro atoms. The Bertz CT molecular complexity index is 991. The number of fused-ring (bicyclic) bond motifs is 1. The highest BCUT2D eigenvalue weighted by atomic mass is 32.2. The summed E-state index contributed by atoms with van der Waals surface area (Å²) in [6, 6.07) is 18.0. The van der Waals surface area contributed by atoms with E-state index in [1.165, 1.54) is 5.56 Å². The standard InChI is InChI=1S/C23H30N4O2S/c1-2-14-27(18-23-24-21-12-6-7-13-22(21)30(28,29)25-23)20-11-8-15-26(17-20)16-19-9-4-3-5-10-19/h3-7,9-10,12-13,20H,2,8,11,14-18H2,1H3,(H,24,25). The number of hydrogen-bond acceptors (Lipinski definition) is 5. The van der Waals surface area contributed by atoms with Gasteiger partial charge in [-0.3, -0.25) is 9.80 Å². The summed E-state index contributed by atoms with van der Waals surface area (Å²) in [4.78, 5) is 5.16. The Balaban J connectivity index is 1.47. The number of hydrogen-bond donors (Lipinski definition) is 1. The smallest absolute Gasteiger partial charge is 0.286 e. The van der Waals surface area contributed by atoms with E-state index in [1.807, 2.05) is 6.07 Å². The predicted molar refractivity (Wildman–Crippen MR) is 121 cm³/mol. The first-order valence-corrected chi connectivity index (χ1v) is 12.2. The molecule has 2 aromatic rings. The van der Waals surface area contributed by atoms with Gasteiger partial charge in [0, 0.05) is 19.1 Å². The van der Waals surface area contributed by atoms with E-state index in [2.05, 4.69) is 56.8 Å². The molecule has 1 saturated heterocycles. The first kappa shape index (κ1) is 21.0. The van der Waals surface area contributed by atoms with Gasteiger partial charge in [0.25, 0.3) is 10.0 Å². The van der Waals surface area contributed by atoms with Crippen molar-refractivity contribution in [3.8, 4) is 0 Å². The van der Waals surface area contributed by atoms with Crippen molar-refractivity contribution in [3.05, 3.63) is 60.2 Å². The zero-order chi connectivity index (χ0) is 21.0. The molecular weight excluding hydrogens is 396 g/mol. The minimum atomic E-state index is -3.65. The van der Waals surface area contributed by atoms with Gasteiger partial charge < -0.3 is 5.32 Å². The number of sulfonamides is 1. The Morgan fingerprint density at radius 2 is 1.90 bits per heavy atom. The number of likely N-dealkylation sites (tertiary alicyclic amines) is 1. The Labute approximate surface area is 179 Å². The first-order chi connectivity index (χ1) is 14.5. The van der Waals surface area contributed by atoms with Crippen molar-refractivity contribution < 1.29 is 8.42 Å². The summed E-state index contributed by atoms with van der Waals surface area (Å²) in [7, 11) is -3.65. The molecular formula is C23H30N4O2S. The molecule has 0 aliphatic carbocycles. The SMILES string of the molecule is CCCN(CC1=NS(=O)(=O)c2ccccc2N1)C1CCCN(Cc2ccccc2)C1. The van der Waals surface area contributed by atoms with Crippen molar-refractivity contribution in [1.29, 1.82) is 0 Å². The highest BCUT2D eigenvalue weighted by Gasteiger charge is 2.29. The predicted octanol–water partition coefficient (Wildman–Crippen LogP) is 3.58. The van der Waals surface area contributed by atoms with E-state index < -0.39 is 10.0 Å². The second kappa shape index (κ2) is 9.29. The zero-order valence-electron chi connectivity index (χ0n) is 17.5. The normalized spacial score (nSPS) is 21.0. The van der Waals surface area contributed by atoms with E-state index in [0.717, 1.165) is 45.4 Å². The number of para-hydroxylation sites is 1. The van der Waals surface area contributed by atoms with Crippen LogP contribution in [-0.4, -0.2) is 56.3 Å². The van der Waals surface area contributed by atoms with Gasteiger partial charge >= 0.3 is 0 Å². The van der Waals surface area contributed by atoms with Crippen molar-refractivity contribution in [2.24, 2.45) is 4.40 Å². The maximum atomic E-state index is 12.6. The summed E-state index contributed by atoms with van der Waals surface area (Å²) in [5.74, 6) is 0.516. The minimum absolute atomic E-state index is 0.252. The lowest BCUT2D eigenvalue weighted by Crippen LogP contribution is -2.50. The van der Waals surface area contributed by atoms with Crippen molar-refractivity contribution in [3.63, 3.8) is 0 Å². The molecule has 0 radical (unpaired) electrons. The number of nitrogens with one attached hydrogen (secondary N) is 1. The number of piperidine rings is 1. The van der Waals surface area contributed by atoms with Crippen LogP contribution in [-0.2, 0) is 16.6 Å². The Morgan fingerprint density at radius 3 is 2.70 bits per heavy atom. The maximum Gasteiger partial charge on any atom is 0.286 e. The van der Waals surface area contributed by atoms with Crippen molar-refractivity contribution >= 4 is 21.5 Å². The van der Waals surface area contributed by atoms with Crippen LogP contribution in [0.4, 0.5) is 5.69 Å². The molecule has 0 amide bonds. The molecule has 0 bridgehead atoms. The van der Waals surface area contributed by atoms with E-state index in [4.69, 9.17) is 0 Å². The van der Waals surface area contributed by atoms with Gasteiger partial charge in [-0.25, -0.2) is 0 Å². The van der Waals surface area contributed by atoms with Gasteiger partial charge in [0.05, 0.1) is 12.2 Å². The fourth-order valence-corrected chi connectivity index (χ4v) is 5.56. The number of rotatable bonds is 7. The molecule has 6 nitrogen and oxygen atoms in total. The molecule has 0 aromatic heterocycles. The van der Waals surface area contributed by atoms with Crippen molar-refractivity contribution in [1.82, 2.24) is 9.80 Å². The quantitative estimate of drug-likeness (QED) is 0.733. The van der Waals surface area contributed by atoms with Crippen molar-refractivity contribution in [2.75, 3.05) is 31.5 Å². The summed E-state index contributed by atoms with van der Waals surface area (Å²) in [6.07, 6.45) is 3.30. The van der Waals surface area contributed by atoms with E-state index in [-0.39, 0.29) is 4.90 Å². The molecule has 30 heavy (non-hydrogen) atoms. The number of benzene rings is 2. The van der Waals surface area contributed by atoms with Crippen LogP contribution in [0.5, 0.6) is 0 Å². The molecule has 1 atom stereocenters. The van der Waals surface area contributed by atoms with Gasteiger partial charge in [-0.1, -0.05) is 49.4 Å². The van der Waals surface area contributed by atoms with Crippen LogP contribution >= 0.6 is 0 Å². The number of nitrogens with zero attached hydrogens (tertiary/aromatic N) is 3. The highest BCUT2D eigenvalue weighted by molar-refractivity contribution is 7.90. The molecule has 1 N–H and O–H groups in total. The van der Waals surface area contributed by atoms with E-state index in [0.29, 0.717) is 24.1 Å². The van der Waals surface area contributed by atoms with Gasteiger partial charge in [0.2, 0.25) is 0 Å². The first-order valence-electron chi connectivity index (χ1n) is 10.8. The van der Waals surface area contributed by atoms with Gasteiger partial charge in [0.15, 0.2) is 0 Å². The van der Waals surface area contributed by atoms with E-state index in [1.54, 1.807) is 18.2 Å². The second-order valence-electron chi connectivity index (χ2n) is 8.12. The lowest BCUT2D eigenvalue weighted by Gasteiger charge is -2.39. The molecule has 160 valence electrons. The number of amidine groups is 1. The third-order valence-electron chi connectivity index (χ3n) is 5.78. The summed E-state index contributed by atoms with van der Waals surface area (Å²) < 4.78 is 29.3. The second-order valence-corrected chi connectivity index (χ2v) is 9.69. The molecule has 2 aromatic carbocycles. The molecule has 7 heteroatoms. The van der Waals surface area contributed by atoms with Gasteiger partial charge in [0.1, 0.15) is 10.7 Å². The third kappa shape index (κ3) is 4.91. The monoisotopic (exact) mass is 426 g/mol. The Hall–Kier alpha value is -2.22. The van der Waals surface area contributed by atoms with Crippen LogP contribution in [0, 0.1) is 0 Å². The average molecular weight is 427 g/mol. The largest absolute Gasteiger partial charge is 0.341 e. The lowest BCUT2D eigenvalue weighted by molar-refractivity contribution is 0.104. The molecule has 2 aliphatic rings. The molecule has 0 saturated carbocycles. The fourth-order valence-electron chi connectivity index (χ4n) is 4.42. The van der Waals surface area contributed by atoms with E-state index in [9.17, 15) is 8.42 Å². The number of anilines is 1. The summed E-state index contributed by atoms with van der Waals surface area (Å²) in [5.41, 5.74) is 1.95. The molecule has 4 rings (SSSR count). The third-order valence-corrected chi connectivity index (χ3v) is 7.16. The molecule has 1 unspecified atom stereocenters. The molecule has 2 heterocycles. The van der Waals surface area contributed by atoms with Gasteiger partial charge in [-0.05, 0) is 50.0 Å². The van der Waals surface area contributed by atoms with Gasteiger partial charge in [-0.15, -0.1) is 4.40 Å².